The molecule has 0 spiro atoms. The van der Waals surface area contributed by atoms with Gasteiger partial charge in [-0.25, -0.2) is 9.97 Å². The maximum absolute atomic E-state index is 12.5. The van der Waals surface area contributed by atoms with Gasteiger partial charge in [-0.05, 0) is 37.1 Å². The highest BCUT2D eigenvalue weighted by atomic mass is 16.1. The number of amides is 1. The first kappa shape index (κ1) is 18.5. The van der Waals surface area contributed by atoms with Crippen molar-refractivity contribution in [2.45, 2.75) is 33.0 Å². The van der Waals surface area contributed by atoms with Crippen molar-refractivity contribution in [1.82, 2.24) is 20.3 Å². The second-order valence-electron chi connectivity index (χ2n) is 6.49. The molecule has 1 amide bonds. The molecule has 3 aromatic rings. The summed E-state index contributed by atoms with van der Waals surface area (Å²) < 4.78 is 0. The first-order chi connectivity index (χ1) is 13.1. The van der Waals surface area contributed by atoms with E-state index in [9.17, 15) is 4.79 Å². The van der Waals surface area contributed by atoms with E-state index in [4.69, 9.17) is 0 Å². The van der Waals surface area contributed by atoms with Gasteiger partial charge in [0.2, 0.25) is 5.95 Å². The van der Waals surface area contributed by atoms with Crippen LogP contribution in [-0.4, -0.2) is 26.9 Å². The second-order valence-corrected chi connectivity index (χ2v) is 6.49. The van der Waals surface area contributed by atoms with E-state index in [2.05, 4.69) is 51.1 Å². The normalized spacial score (nSPS) is 10.6. The highest BCUT2D eigenvalue weighted by Crippen LogP contribution is 2.16. The maximum atomic E-state index is 12.5. The summed E-state index contributed by atoms with van der Waals surface area (Å²) in [6.45, 7) is 5.26. The summed E-state index contributed by atoms with van der Waals surface area (Å²) in [5.74, 6) is 0.314. The highest BCUT2D eigenvalue weighted by molar-refractivity contribution is 5.92. The number of nitrogens with zero attached hydrogens (tertiary/aromatic N) is 4. The first-order valence-electron chi connectivity index (χ1n) is 8.94. The van der Waals surface area contributed by atoms with E-state index in [-0.39, 0.29) is 11.9 Å². The molecule has 6 heteroatoms. The van der Waals surface area contributed by atoms with Crippen LogP contribution in [0.25, 0.3) is 0 Å². The third-order valence-corrected chi connectivity index (χ3v) is 4.13. The summed E-state index contributed by atoms with van der Waals surface area (Å²) in [6, 6.07) is 15.7. The van der Waals surface area contributed by atoms with Gasteiger partial charge in [-0.2, -0.15) is 0 Å². The second kappa shape index (κ2) is 8.89. The maximum Gasteiger partial charge on any atom is 0.270 e. The molecule has 6 nitrogen and oxygen atoms in total. The highest BCUT2D eigenvalue weighted by Gasteiger charge is 2.16. The number of hydrogen-bond acceptors (Lipinski definition) is 5. The van der Waals surface area contributed by atoms with E-state index >= 15 is 0 Å². The largest absolute Gasteiger partial charge is 0.347 e. The van der Waals surface area contributed by atoms with E-state index in [1.807, 2.05) is 30.3 Å². The van der Waals surface area contributed by atoms with Crippen LogP contribution in [0.15, 0.2) is 67.1 Å². The van der Waals surface area contributed by atoms with E-state index in [1.54, 1.807) is 24.7 Å². The molecule has 0 aliphatic heterocycles. The van der Waals surface area contributed by atoms with Crippen molar-refractivity contribution in [3.8, 4) is 0 Å². The number of carbonyl (C=O) groups excluding carboxylic acids is 1. The smallest absolute Gasteiger partial charge is 0.270 e. The number of benzene rings is 1. The van der Waals surface area contributed by atoms with Gasteiger partial charge >= 0.3 is 0 Å². The number of anilines is 1. The molecule has 0 atom stereocenters. The quantitative estimate of drug-likeness (QED) is 0.700. The lowest BCUT2D eigenvalue weighted by molar-refractivity contribution is 0.0945. The van der Waals surface area contributed by atoms with Crippen molar-refractivity contribution in [3.05, 3.63) is 83.9 Å². The van der Waals surface area contributed by atoms with Gasteiger partial charge in [-0.3, -0.25) is 9.78 Å². The molecule has 0 aliphatic rings. The van der Waals surface area contributed by atoms with Crippen LogP contribution in [0.2, 0.25) is 0 Å². The van der Waals surface area contributed by atoms with Crippen LogP contribution < -0.4 is 10.2 Å². The van der Waals surface area contributed by atoms with Crippen LogP contribution in [0.1, 0.15) is 35.5 Å². The Morgan fingerprint density at radius 2 is 1.81 bits per heavy atom. The fraction of sp³-hybridized carbons (Fsp3) is 0.238. The summed E-state index contributed by atoms with van der Waals surface area (Å²) in [6.07, 6.45) is 5.06. The molecule has 0 bridgehead atoms. The Morgan fingerprint density at radius 1 is 1.04 bits per heavy atom. The zero-order chi connectivity index (χ0) is 19.1. The molecule has 0 saturated carbocycles. The van der Waals surface area contributed by atoms with Gasteiger partial charge in [0.15, 0.2) is 0 Å². The molecule has 1 aromatic carbocycles. The van der Waals surface area contributed by atoms with Crippen molar-refractivity contribution in [2.24, 2.45) is 0 Å². The van der Waals surface area contributed by atoms with Crippen LogP contribution in [0.5, 0.6) is 0 Å². The number of carbonyl (C=O) groups is 1. The third-order valence-electron chi connectivity index (χ3n) is 4.13. The van der Waals surface area contributed by atoms with Gasteiger partial charge in [0.1, 0.15) is 5.69 Å². The predicted molar refractivity (Wildman–Crippen MR) is 105 cm³/mol. The van der Waals surface area contributed by atoms with Crippen LogP contribution in [0.4, 0.5) is 5.95 Å². The van der Waals surface area contributed by atoms with Crippen molar-refractivity contribution in [3.63, 3.8) is 0 Å². The standard InChI is InChI=1S/C21H23N5O/c1-16(2)26(15-17-7-4-3-5-8-17)21-23-12-10-19(25-21)20(27)24-14-18-9-6-11-22-13-18/h3-13,16H,14-15H2,1-2H3,(H,24,27). The molecule has 138 valence electrons. The van der Waals surface area contributed by atoms with Crippen LogP contribution in [-0.2, 0) is 13.1 Å². The molecular weight excluding hydrogens is 338 g/mol. The summed E-state index contributed by atoms with van der Waals surface area (Å²) in [4.78, 5) is 27.5. The fourth-order valence-electron chi connectivity index (χ4n) is 2.65. The van der Waals surface area contributed by atoms with Gasteiger partial charge in [-0.15, -0.1) is 0 Å². The van der Waals surface area contributed by atoms with E-state index in [1.165, 1.54) is 5.56 Å². The number of nitrogens with one attached hydrogen (secondary N) is 1. The molecule has 0 aliphatic carbocycles. The summed E-state index contributed by atoms with van der Waals surface area (Å²) in [5.41, 5.74) is 2.46. The Kier molecular flexibility index (Phi) is 6.10. The van der Waals surface area contributed by atoms with E-state index in [0.717, 1.165) is 5.56 Å². The Labute approximate surface area is 159 Å². The van der Waals surface area contributed by atoms with Crippen LogP contribution in [0, 0.1) is 0 Å². The minimum Gasteiger partial charge on any atom is -0.347 e. The lowest BCUT2D eigenvalue weighted by atomic mass is 10.2. The average molecular weight is 361 g/mol. The molecule has 0 fully saturated rings. The SMILES string of the molecule is CC(C)N(Cc1ccccc1)c1nccc(C(=O)NCc2cccnc2)n1. The number of hydrogen-bond donors (Lipinski definition) is 1. The Balaban J connectivity index is 1.73. The van der Waals surface area contributed by atoms with Crippen molar-refractivity contribution in [2.75, 3.05) is 4.90 Å². The van der Waals surface area contributed by atoms with Crippen LogP contribution >= 0.6 is 0 Å². The Bertz CT molecular complexity index is 868. The van der Waals surface area contributed by atoms with E-state index in [0.29, 0.717) is 24.7 Å². The lowest BCUT2D eigenvalue weighted by Gasteiger charge is -2.27. The van der Waals surface area contributed by atoms with E-state index < -0.39 is 0 Å². The summed E-state index contributed by atoms with van der Waals surface area (Å²) in [5, 5.41) is 2.87. The topological polar surface area (TPSA) is 71.0 Å². The van der Waals surface area contributed by atoms with Crippen molar-refractivity contribution in [1.29, 1.82) is 0 Å². The number of pyridine rings is 1. The minimum atomic E-state index is -0.231. The molecule has 2 aromatic heterocycles. The van der Waals surface area contributed by atoms with Gasteiger partial charge in [0.25, 0.3) is 5.91 Å². The van der Waals surface area contributed by atoms with Crippen molar-refractivity contribution < 1.29 is 4.79 Å². The third kappa shape index (κ3) is 5.10. The Morgan fingerprint density at radius 3 is 2.52 bits per heavy atom. The van der Waals surface area contributed by atoms with Gasteiger partial charge < -0.3 is 10.2 Å². The first-order valence-corrected chi connectivity index (χ1v) is 8.94. The molecule has 27 heavy (non-hydrogen) atoms. The molecule has 0 radical (unpaired) electrons. The molecule has 2 heterocycles. The molecule has 3 rings (SSSR count). The van der Waals surface area contributed by atoms with Gasteiger partial charge in [0, 0.05) is 37.7 Å². The summed E-state index contributed by atoms with van der Waals surface area (Å²) >= 11 is 0. The average Bonchev–Trinajstić information content (AvgIpc) is 2.71. The van der Waals surface area contributed by atoms with Crippen molar-refractivity contribution >= 4 is 11.9 Å². The predicted octanol–water partition coefficient (Wildman–Crippen LogP) is 3.22. The van der Waals surface area contributed by atoms with Gasteiger partial charge in [0.05, 0.1) is 0 Å². The molecule has 1 N–H and O–H groups in total. The zero-order valence-electron chi connectivity index (χ0n) is 15.5. The molecule has 0 saturated heterocycles. The minimum absolute atomic E-state index is 0.193. The zero-order valence-corrected chi connectivity index (χ0v) is 15.5. The summed E-state index contributed by atoms with van der Waals surface area (Å²) in [7, 11) is 0. The van der Waals surface area contributed by atoms with Crippen LogP contribution in [0.3, 0.4) is 0 Å². The van der Waals surface area contributed by atoms with Gasteiger partial charge in [-0.1, -0.05) is 36.4 Å². The monoisotopic (exact) mass is 361 g/mol. The Hall–Kier alpha value is -3.28. The molecule has 0 unspecified atom stereocenters. The number of rotatable bonds is 7. The fourth-order valence-corrected chi connectivity index (χ4v) is 2.65. The molecular formula is C21H23N5O. The lowest BCUT2D eigenvalue weighted by Crippen LogP contribution is -2.32. The number of aromatic nitrogens is 3.